The van der Waals surface area contributed by atoms with Crippen LogP contribution in [0.4, 0.5) is 0 Å². The summed E-state index contributed by atoms with van der Waals surface area (Å²) in [6.45, 7) is 4.89. The van der Waals surface area contributed by atoms with E-state index in [1.54, 1.807) is 12.1 Å². The number of carbonyl (C=O) groups excluding carboxylic acids is 2. The fourth-order valence-electron chi connectivity index (χ4n) is 2.81. The summed E-state index contributed by atoms with van der Waals surface area (Å²) >= 11 is 0. The molecule has 6 nitrogen and oxygen atoms in total. The highest BCUT2D eigenvalue weighted by Crippen LogP contribution is 2.21. The van der Waals surface area contributed by atoms with E-state index in [-0.39, 0.29) is 7.43 Å². The summed E-state index contributed by atoms with van der Waals surface area (Å²) < 4.78 is 0. The number of hydrogen-bond acceptors (Lipinski definition) is 4. The minimum Gasteiger partial charge on any atom is -0.388 e. The second-order valence-corrected chi connectivity index (χ2v) is 7.06. The Bertz CT molecular complexity index is 778. The number of benzene rings is 2. The van der Waals surface area contributed by atoms with Gasteiger partial charge in [0.15, 0.2) is 0 Å². The predicted molar refractivity (Wildman–Crippen MR) is 110 cm³/mol. The van der Waals surface area contributed by atoms with E-state index in [2.05, 4.69) is 36.5 Å². The van der Waals surface area contributed by atoms with Crippen molar-refractivity contribution >= 4 is 11.8 Å². The van der Waals surface area contributed by atoms with Gasteiger partial charge in [0, 0.05) is 5.56 Å². The van der Waals surface area contributed by atoms with Crippen LogP contribution in [0.1, 0.15) is 50.5 Å². The third-order valence-electron chi connectivity index (χ3n) is 4.33. The van der Waals surface area contributed by atoms with Gasteiger partial charge in [0.1, 0.15) is 6.04 Å². The average molecular weight is 386 g/mol. The summed E-state index contributed by atoms with van der Waals surface area (Å²) in [5.41, 5.74) is 3.58. The third-order valence-corrected chi connectivity index (χ3v) is 4.33. The van der Waals surface area contributed by atoms with Crippen molar-refractivity contribution in [3.8, 4) is 11.1 Å². The molecule has 0 saturated carbocycles. The lowest BCUT2D eigenvalue weighted by Gasteiger charge is -2.28. The van der Waals surface area contributed by atoms with Crippen molar-refractivity contribution in [2.24, 2.45) is 0 Å². The number of aliphatic hydroxyl groups is 1. The minimum atomic E-state index is -1.54. The SMILES string of the molecule is C.CCCc1ccc(-c2ccc(C(=O)N[C@@H](C(=O)NO)C(C)(C)O)cc2)cc1. The molecule has 0 heterocycles. The molecule has 6 heteroatoms. The first kappa shape index (κ1) is 23.3. The average Bonchev–Trinajstić information content (AvgIpc) is 2.65. The van der Waals surface area contributed by atoms with Gasteiger partial charge in [-0.3, -0.25) is 14.8 Å². The zero-order valence-corrected chi connectivity index (χ0v) is 15.8. The van der Waals surface area contributed by atoms with Crippen molar-refractivity contribution in [2.45, 2.75) is 52.7 Å². The summed E-state index contributed by atoms with van der Waals surface area (Å²) in [5, 5.41) is 21.3. The molecule has 2 aromatic carbocycles. The summed E-state index contributed by atoms with van der Waals surface area (Å²) in [7, 11) is 0. The van der Waals surface area contributed by atoms with Crippen molar-refractivity contribution in [3.05, 3.63) is 59.7 Å². The second kappa shape index (κ2) is 10.0. The van der Waals surface area contributed by atoms with Gasteiger partial charge >= 0.3 is 0 Å². The zero-order chi connectivity index (χ0) is 20.0. The van der Waals surface area contributed by atoms with Gasteiger partial charge in [0.25, 0.3) is 11.8 Å². The third kappa shape index (κ3) is 5.90. The first-order chi connectivity index (χ1) is 12.8. The Balaban J connectivity index is 0.00000392. The van der Waals surface area contributed by atoms with Gasteiger partial charge in [-0.1, -0.05) is 57.2 Å². The Morgan fingerprint density at radius 2 is 1.50 bits per heavy atom. The Hall–Kier alpha value is -2.70. The van der Waals surface area contributed by atoms with Gasteiger partial charge < -0.3 is 10.4 Å². The number of carbonyl (C=O) groups is 2. The van der Waals surface area contributed by atoms with Crippen molar-refractivity contribution in [2.75, 3.05) is 0 Å². The first-order valence-electron chi connectivity index (χ1n) is 8.92. The number of aryl methyl sites for hydroxylation is 1. The largest absolute Gasteiger partial charge is 0.388 e. The van der Waals surface area contributed by atoms with Crippen LogP contribution in [0.5, 0.6) is 0 Å². The smallest absolute Gasteiger partial charge is 0.268 e. The van der Waals surface area contributed by atoms with Gasteiger partial charge in [-0.05, 0) is 49.1 Å². The Morgan fingerprint density at radius 3 is 1.93 bits per heavy atom. The molecule has 2 rings (SSSR count). The van der Waals surface area contributed by atoms with Crippen LogP contribution >= 0.6 is 0 Å². The van der Waals surface area contributed by atoms with Crippen LogP contribution in [0.25, 0.3) is 11.1 Å². The molecule has 0 bridgehead atoms. The molecule has 0 saturated heterocycles. The number of amides is 2. The van der Waals surface area contributed by atoms with Crippen molar-refractivity contribution < 1.29 is 19.9 Å². The van der Waals surface area contributed by atoms with E-state index in [4.69, 9.17) is 5.21 Å². The number of nitrogens with one attached hydrogen (secondary N) is 2. The number of hydroxylamine groups is 1. The minimum absolute atomic E-state index is 0. The van der Waals surface area contributed by atoms with E-state index >= 15 is 0 Å². The van der Waals surface area contributed by atoms with Gasteiger partial charge in [0.05, 0.1) is 5.60 Å². The second-order valence-electron chi connectivity index (χ2n) is 7.06. The van der Waals surface area contributed by atoms with Gasteiger partial charge in [-0.2, -0.15) is 0 Å². The lowest BCUT2D eigenvalue weighted by molar-refractivity contribution is -0.136. The summed E-state index contributed by atoms with van der Waals surface area (Å²) in [6.07, 6.45) is 2.15. The molecule has 0 aliphatic carbocycles. The number of rotatable bonds is 7. The lowest BCUT2D eigenvalue weighted by atomic mass is 9.97. The van der Waals surface area contributed by atoms with Crippen molar-refractivity contribution in [1.29, 1.82) is 0 Å². The maximum atomic E-state index is 12.4. The normalized spacial score (nSPS) is 11.9. The molecule has 0 spiro atoms. The highest BCUT2D eigenvalue weighted by molar-refractivity contribution is 5.98. The standard InChI is InChI=1S/C21H26N2O4.CH4/c1-4-5-14-6-8-15(9-7-14)16-10-12-17(13-11-16)19(24)22-18(20(25)23-27)21(2,3)26;/h6-13,18,26-27H,4-5H2,1-3H3,(H,22,24)(H,23,25);1H4/t18-;/m0./s1. The quantitative estimate of drug-likeness (QED) is 0.433. The molecule has 152 valence electrons. The van der Waals surface area contributed by atoms with Crippen LogP contribution in [0.2, 0.25) is 0 Å². The maximum Gasteiger partial charge on any atom is 0.268 e. The molecule has 0 aliphatic rings. The Morgan fingerprint density at radius 1 is 1.00 bits per heavy atom. The first-order valence-corrected chi connectivity index (χ1v) is 8.92. The van der Waals surface area contributed by atoms with Gasteiger partial charge in [-0.15, -0.1) is 0 Å². The molecule has 4 N–H and O–H groups in total. The Kier molecular flexibility index (Phi) is 8.35. The van der Waals surface area contributed by atoms with E-state index in [0.29, 0.717) is 5.56 Å². The molecule has 2 aromatic rings. The molecular formula is C22H30N2O4. The topological polar surface area (TPSA) is 98.7 Å². The van der Waals surface area contributed by atoms with Crippen molar-refractivity contribution in [1.82, 2.24) is 10.8 Å². The molecule has 0 aliphatic heterocycles. The molecule has 0 unspecified atom stereocenters. The predicted octanol–water partition coefficient (Wildman–Crippen LogP) is 3.32. The van der Waals surface area contributed by atoms with Crippen LogP contribution in [0.3, 0.4) is 0 Å². The number of hydrogen-bond donors (Lipinski definition) is 4. The van der Waals surface area contributed by atoms with Gasteiger partial charge in [-0.25, -0.2) is 5.48 Å². The van der Waals surface area contributed by atoms with E-state index in [1.165, 1.54) is 24.9 Å². The monoisotopic (exact) mass is 386 g/mol. The summed E-state index contributed by atoms with van der Waals surface area (Å²) in [5.74, 6) is -1.41. The molecule has 2 amide bonds. The summed E-state index contributed by atoms with van der Waals surface area (Å²) in [6, 6.07) is 14.0. The van der Waals surface area contributed by atoms with Crippen LogP contribution in [-0.2, 0) is 11.2 Å². The maximum absolute atomic E-state index is 12.4. The van der Waals surface area contributed by atoms with Crippen LogP contribution in [0, 0.1) is 0 Å². The van der Waals surface area contributed by atoms with Crippen molar-refractivity contribution in [3.63, 3.8) is 0 Å². The van der Waals surface area contributed by atoms with Crippen LogP contribution in [0.15, 0.2) is 48.5 Å². The van der Waals surface area contributed by atoms with E-state index in [1.807, 2.05) is 12.1 Å². The lowest BCUT2D eigenvalue weighted by Crippen LogP contribution is -2.57. The zero-order valence-electron chi connectivity index (χ0n) is 15.8. The van der Waals surface area contributed by atoms with Crippen LogP contribution in [-0.4, -0.2) is 33.8 Å². The Labute approximate surface area is 166 Å². The molecule has 0 aromatic heterocycles. The fraction of sp³-hybridized carbons (Fsp3) is 0.364. The fourth-order valence-corrected chi connectivity index (χ4v) is 2.81. The molecule has 0 fully saturated rings. The summed E-state index contributed by atoms with van der Waals surface area (Å²) in [4.78, 5) is 24.1. The highest BCUT2D eigenvalue weighted by Gasteiger charge is 2.34. The van der Waals surface area contributed by atoms with Gasteiger partial charge in [0.2, 0.25) is 0 Å². The van der Waals surface area contributed by atoms with E-state index in [0.717, 1.165) is 24.0 Å². The van der Waals surface area contributed by atoms with Crippen LogP contribution < -0.4 is 10.8 Å². The van der Waals surface area contributed by atoms with E-state index < -0.39 is 23.5 Å². The molecule has 28 heavy (non-hydrogen) atoms. The molecule has 1 atom stereocenters. The molecular weight excluding hydrogens is 356 g/mol. The van der Waals surface area contributed by atoms with E-state index in [9.17, 15) is 14.7 Å². The molecule has 0 radical (unpaired) electrons. The highest BCUT2D eigenvalue weighted by atomic mass is 16.5.